The minimum Gasteiger partial charge on any atom is -0.361 e. The Morgan fingerprint density at radius 1 is 1.18 bits per heavy atom. The third-order valence-electron chi connectivity index (χ3n) is 5.81. The van der Waals surface area contributed by atoms with Crippen LogP contribution in [0, 0.1) is 5.92 Å². The van der Waals surface area contributed by atoms with Gasteiger partial charge in [-0.1, -0.05) is 48.0 Å². The Labute approximate surface area is 171 Å². The van der Waals surface area contributed by atoms with E-state index in [1.54, 1.807) is 0 Å². The van der Waals surface area contributed by atoms with Gasteiger partial charge in [0.15, 0.2) is 0 Å². The van der Waals surface area contributed by atoms with Gasteiger partial charge in [0, 0.05) is 41.6 Å². The maximum atomic E-state index is 12.7. The molecule has 1 amide bonds. The number of amides is 1. The van der Waals surface area contributed by atoms with Crippen LogP contribution >= 0.6 is 11.6 Å². The summed E-state index contributed by atoms with van der Waals surface area (Å²) in [4.78, 5) is 18.1. The number of nitrogens with one attached hydrogen (secondary N) is 1. The fourth-order valence-corrected chi connectivity index (χ4v) is 4.53. The number of aromatic amines is 1. The van der Waals surface area contributed by atoms with E-state index in [1.165, 1.54) is 22.9 Å². The molecule has 0 aliphatic carbocycles. The average molecular weight is 395 g/mol. The Hall–Kier alpha value is -2.26. The molecule has 1 N–H and O–H groups in total. The molecule has 1 saturated heterocycles. The smallest absolute Gasteiger partial charge is 0.222 e. The van der Waals surface area contributed by atoms with Crippen LogP contribution in [-0.2, 0) is 17.6 Å². The van der Waals surface area contributed by atoms with Crippen LogP contribution in [0.1, 0.15) is 36.8 Å². The highest BCUT2D eigenvalue weighted by atomic mass is 35.5. The van der Waals surface area contributed by atoms with Crippen molar-refractivity contribution in [3.8, 4) is 0 Å². The first-order valence-electron chi connectivity index (χ1n) is 10.3. The molecule has 4 heteroatoms. The van der Waals surface area contributed by atoms with Gasteiger partial charge in [-0.15, -0.1) is 0 Å². The topological polar surface area (TPSA) is 36.1 Å². The predicted molar refractivity (Wildman–Crippen MR) is 116 cm³/mol. The van der Waals surface area contributed by atoms with E-state index in [0.717, 1.165) is 49.3 Å². The Morgan fingerprint density at radius 2 is 2.04 bits per heavy atom. The molecule has 1 aliphatic heterocycles. The van der Waals surface area contributed by atoms with Crippen molar-refractivity contribution in [3.63, 3.8) is 0 Å². The number of carbonyl (C=O) groups is 1. The summed E-state index contributed by atoms with van der Waals surface area (Å²) in [6.45, 7) is 1.81. The van der Waals surface area contributed by atoms with Gasteiger partial charge in [-0.3, -0.25) is 4.79 Å². The zero-order valence-electron chi connectivity index (χ0n) is 16.2. The molecule has 1 unspecified atom stereocenters. The summed E-state index contributed by atoms with van der Waals surface area (Å²) in [6.07, 6.45) is 7.87. The van der Waals surface area contributed by atoms with Crippen molar-refractivity contribution in [3.05, 3.63) is 70.9 Å². The van der Waals surface area contributed by atoms with Crippen LogP contribution in [0.15, 0.2) is 54.7 Å². The number of piperidine rings is 1. The molecular weight excluding hydrogens is 368 g/mol. The Bertz CT molecular complexity index is 934. The molecule has 0 bridgehead atoms. The molecule has 1 aliphatic rings. The van der Waals surface area contributed by atoms with Crippen LogP contribution in [0.4, 0.5) is 0 Å². The third-order valence-corrected chi connectivity index (χ3v) is 6.04. The average Bonchev–Trinajstić information content (AvgIpc) is 3.11. The van der Waals surface area contributed by atoms with Gasteiger partial charge >= 0.3 is 0 Å². The lowest BCUT2D eigenvalue weighted by molar-refractivity contribution is -0.133. The van der Waals surface area contributed by atoms with E-state index in [-0.39, 0.29) is 0 Å². The van der Waals surface area contributed by atoms with Crippen LogP contribution in [0.3, 0.4) is 0 Å². The molecule has 2 aromatic carbocycles. The highest BCUT2D eigenvalue weighted by Crippen LogP contribution is 2.24. The van der Waals surface area contributed by atoms with Crippen molar-refractivity contribution < 1.29 is 4.79 Å². The highest BCUT2D eigenvalue weighted by molar-refractivity contribution is 6.31. The minimum absolute atomic E-state index is 0.306. The number of halogens is 1. The number of nitrogens with zero attached hydrogens (tertiary/aromatic N) is 1. The quantitative estimate of drug-likeness (QED) is 0.578. The SMILES string of the molecule is O=C(CCCc1c[nH]c2cc(Cl)ccc12)N1CCCC(Cc2ccccc2)C1. The maximum Gasteiger partial charge on any atom is 0.222 e. The number of H-pyrrole nitrogens is 1. The Balaban J connectivity index is 1.28. The number of fused-ring (bicyclic) bond motifs is 1. The summed E-state index contributed by atoms with van der Waals surface area (Å²) in [6, 6.07) is 16.6. The van der Waals surface area contributed by atoms with E-state index in [4.69, 9.17) is 11.6 Å². The second kappa shape index (κ2) is 8.83. The first-order valence-corrected chi connectivity index (χ1v) is 10.6. The first kappa shape index (κ1) is 19.1. The summed E-state index contributed by atoms with van der Waals surface area (Å²) in [7, 11) is 0. The largest absolute Gasteiger partial charge is 0.361 e. The molecule has 3 nitrogen and oxygen atoms in total. The van der Waals surface area contributed by atoms with E-state index in [2.05, 4.69) is 46.3 Å². The zero-order chi connectivity index (χ0) is 19.3. The van der Waals surface area contributed by atoms with E-state index in [1.807, 2.05) is 18.3 Å². The lowest BCUT2D eigenvalue weighted by Crippen LogP contribution is -2.40. The first-order chi connectivity index (χ1) is 13.7. The number of hydrogen-bond acceptors (Lipinski definition) is 1. The Morgan fingerprint density at radius 3 is 2.89 bits per heavy atom. The number of benzene rings is 2. The van der Waals surface area contributed by atoms with Gasteiger partial charge in [0.25, 0.3) is 0 Å². The van der Waals surface area contributed by atoms with Gasteiger partial charge < -0.3 is 9.88 Å². The summed E-state index contributed by atoms with van der Waals surface area (Å²) in [5.74, 6) is 0.888. The standard InChI is InChI=1S/C24H27ClN2O/c25-21-11-12-22-20(16-26-23(22)15-21)9-4-10-24(28)27-13-5-8-19(17-27)14-18-6-2-1-3-7-18/h1-3,6-7,11-12,15-16,19,26H,4-5,8-10,13-14,17H2. The fraction of sp³-hybridized carbons (Fsp3) is 0.375. The van der Waals surface area contributed by atoms with Crippen molar-refractivity contribution in [1.29, 1.82) is 0 Å². The molecule has 4 rings (SSSR count). The van der Waals surface area contributed by atoms with Crippen LogP contribution in [-0.4, -0.2) is 28.9 Å². The molecule has 1 atom stereocenters. The van der Waals surface area contributed by atoms with Crippen LogP contribution in [0.2, 0.25) is 5.02 Å². The lowest BCUT2D eigenvalue weighted by atomic mass is 9.91. The van der Waals surface area contributed by atoms with Gasteiger partial charge in [0.1, 0.15) is 0 Å². The second-order valence-corrected chi connectivity index (χ2v) is 8.33. The monoisotopic (exact) mass is 394 g/mol. The Kier molecular flexibility index (Phi) is 6.01. The number of aryl methyl sites for hydroxylation is 1. The number of hydrogen-bond donors (Lipinski definition) is 1. The van der Waals surface area contributed by atoms with Crippen LogP contribution < -0.4 is 0 Å². The maximum absolute atomic E-state index is 12.7. The highest BCUT2D eigenvalue weighted by Gasteiger charge is 2.23. The molecule has 3 aromatic rings. The molecule has 1 fully saturated rings. The molecule has 1 aromatic heterocycles. The minimum atomic E-state index is 0.306. The normalized spacial score (nSPS) is 17.2. The van der Waals surface area contributed by atoms with Gasteiger partial charge in [0.05, 0.1) is 0 Å². The van der Waals surface area contributed by atoms with E-state index < -0.39 is 0 Å². The van der Waals surface area contributed by atoms with Gasteiger partial charge in [-0.05, 0) is 61.3 Å². The van der Waals surface area contributed by atoms with Crippen molar-refractivity contribution in [1.82, 2.24) is 9.88 Å². The molecule has 0 spiro atoms. The van der Waals surface area contributed by atoms with E-state index >= 15 is 0 Å². The molecular formula is C24H27ClN2O. The summed E-state index contributed by atoms with van der Waals surface area (Å²) in [5.41, 5.74) is 3.70. The number of aromatic nitrogens is 1. The lowest BCUT2D eigenvalue weighted by Gasteiger charge is -2.33. The summed E-state index contributed by atoms with van der Waals surface area (Å²) in [5, 5.41) is 1.95. The van der Waals surface area contributed by atoms with Gasteiger partial charge in [0.2, 0.25) is 5.91 Å². The molecule has 146 valence electrons. The van der Waals surface area contributed by atoms with Crippen LogP contribution in [0.5, 0.6) is 0 Å². The fourth-order valence-electron chi connectivity index (χ4n) is 4.36. The molecule has 28 heavy (non-hydrogen) atoms. The van der Waals surface area contributed by atoms with E-state index in [0.29, 0.717) is 18.2 Å². The summed E-state index contributed by atoms with van der Waals surface area (Å²) >= 11 is 6.05. The van der Waals surface area contributed by atoms with Crippen LogP contribution in [0.25, 0.3) is 10.9 Å². The predicted octanol–water partition coefficient (Wildman–Crippen LogP) is 5.63. The van der Waals surface area contributed by atoms with Crippen molar-refractivity contribution >= 4 is 28.4 Å². The number of likely N-dealkylation sites (tertiary alicyclic amines) is 1. The second-order valence-electron chi connectivity index (χ2n) is 7.90. The number of rotatable bonds is 6. The molecule has 0 saturated carbocycles. The van der Waals surface area contributed by atoms with Gasteiger partial charge in [-0.2, -0.15) is 0 Å². The molecule has 0 radical (unpaired) electrons. The van der Waals surface area contributed by atoms with Crippen molar-refractivity contribution in [2.75, 3.05) is 13.1 Å². The number of carbonyl (C=O) groups excluding carboxylic acids is 1. The van der Waals surface area contributed by atoms with Crippen molar-refractivity contribution in [2.24, 2.45) is 5.92 Å². The van der Waals surface area contributed by atoms with Gasteiger partial charge in [-0.25, -0.2) is 0 Å². The zero-order valence-corrected chi connectivity index (χ0v) is 16.9. The van der Waals surface area contributed by atoms with E-state index in [9.17, 15) is 4.79 Å². The third kappa shape index (κ3) is 4.59. The molecule has 2 heterocycles. The summed E-state index contributed by atoms with van der Waals surface area (Å²) < 4.78 is 0. The van der Waals surface area contributed by atoms with Crippen molar-refractivity contribution in [2.45, 2.75) is 38.5 Å².